The second-order valence-electron chi connectivity index (χ2n) is 5.80. The molecule has 0 bridgehead atoms. The molecule has 0 radical (unpaired) electrons. The molecule has 1 aromatic carbocycles. The number of aryl methyl sites for hydroxylation is 1. The van der Waals surface area contributed by atoms with Gasteiger partial charge in [0.05, 0.1) is 30.2 Å². The highest BCUT2D eigenvalue weighted by molar-refractivity contribution is 7.80. The van der Waals surface area contributed by atoms with Gasteiger partial charge in [-0.05, 0) is 37.7 Å². The van der Waals surface area contributed by atoms with Crippen molar-refractivity contribution in [1.82, 2.24) is 24.9 Å². The van der Waals surface area contributed by atoms with Crippen LogP contribution in [-0.4, -0.2) is 24.7 Å². The highest BCUT2D eigenvalue weighted by atomic mass is 32.1. The molecule has 3 rings (SSSR count). The summed E-state index contributed by atoms with van der Waals surface area (Å²) in [5.41, 5.74) is 3.18. The van der Waals surface area contributed by atoms with Gasteiger partial charge in [-0.15, -0.1) is 0 Å². The Morgan fingerprint density at radius 1 is 1.20 bits per heavy atom. The van der Waals surface area contributed by atoms with Crippen molar-refractivity contribution in [3.8, 4) is 0 Å². The molecule has 3 aromatic rings. The van der Waals surface area contributed by atoms with Crippen molar-refractivity contribution in [3.63, 3.8) is 0 Å². The highest BCUT2D eigenvalue weighted by Crippen LogP contribution is 2.13. The summed E-state index contributed by atoms with van der Waals surface area (Å²) in [6, 6.07) is 12.3. The van der Waals surface area contributed by atoms with Crippen LogP contribution in [0.5, 0.6) is 0 Å². The lowest BCUT2D eigenvalue weighted by Gasteiger charge is -2.17. The van der Waals surface area contributed by atoms with E-state index in [0.29, 0.717) is 5.11 Å². The minimum absolute atomic E-state index is 0.0711. The average molecular weight is 354 g/mol. The Kier molecular flexibility index (Phi) is 5.45. The molecule has 0 aliphatic heterocycles. The number of hydrogen-bond acceptors (Lipinski definition) is 3. The van der Waals surface area contributed by atoms with E-state index in [2.05, 4.69) is 46.8 Å². The third-order valence-corrected chi connectivity index (χ3v) is 4.14. The summed E-state index contributed by atoms with van der Waals surface area (Å²) in [6.07, 6.45) is 5.53. The fourth-order valence-corrected chi connectivity index (χ4v) is 2.99. The van der Waals surface area contributed by atoms with Gasteiger partial charge in [-0.25, -0.2) is 0 Å². The van der Waals surface area contributed by atoms with E-state index in [9.17, 15) is 0 Å². The molecule has 0 saturated carbocycles. The van der Waals surface area contributed by atoms with E-state index in [1.165, 1.54) is 5.56 Å². The molecule has 2 N–H and O–H groups in total. The topological polar surface area (TPSA) is 59.7 Å². The number of hydrogen-bond donors (Lipinski definition) is 2. The first-order valence-electron chi connectivity index (χ1n) is 8.31. The molecule has 2 heterocycles. The molecule has 0 fully saturated rings. The maximum absolute atomic E-state index is 5.42. The Labute approximate surface area is 152 Å². The smallest absolute Gasteiger partial charge is 0.171 e. The molecule has 0 spiro atoms. The molecule has 0 amide bonds. The van der Waals surface area contributed by atoms with E-state index in [1.807, 2.05) is 39.8 Å². The van der Waals surface area contributed by atoms with Crippen molar-refractivity contribution in [2.75, 3.05) is 5.32 Å². The van der Waals surface area contributed by atoms with Gasteiger partial charge >= 0.3 is 0 Å². The van der Waals surface area contributed by atoms with Crippen molar-refractivity contribution in [1.29, 1.82) is 0 Å². The lowest BCUT2D eigenvalue weighted by molar-refractivity contribution is 0.568. The van der Waals surface area contributed by atoms with Crippen LogP contribution in [0.15, 0.2) is 55.0 Å². The van der Waals surface area contributed by atoms with Gasteiger partial charge < -0.3 is 10.6 Å². The zero-order valence-corrected chi connectivity index (χ0v) is 15.2. The lowest BCUT2D eigenvalue weighted by Crippen LogP contribution is -2.32. The first-order valence-corrected chi connectivity index (χ1v) is 8.72. The number of nitrogens with zero attached hydrogens (tertiary/aromatic N) is 4. The summed E-state index contributed by atoms with van der Waals surface area (Å²) < 4.78 is 3.84. The Hall–Kier alpha value is -2.67. The summed E-state index contributed by atoms with van der Waals surface area (Å²) in [4.78, 5) is 0. The summed E-state index contributed by atoms with van der Waals surface area (Å²) in [5, 5.41) is 15.7. The second kappa shape index (κ2) is 7.94. The average Bonchev–Trinajstić information content (AvgIpc) is 3.24. The van der Waals surface area contributed by atoms with E-state index in [1.54, 1.807) is 12.4 Å². The van der Waals surface area contributed by atoms with Crippen LogP contribution in [0, 0.1) is 0 Å². The zero-order chi connectivity index (χ0) is 17.6. The van der Waals surface area contributed by atoms with Crippen LogP contribution < -0.4 is 10.6 Å². The Morgan fingerprint density at radius 2 is 2.00 bits per heavy atom. The van der Waals surface area contributed by atoms with Crippen molar-refractivity contribution in [3.05, 3.63) is 66.2 Å². The first kappa shape index (κ1) is 17.2. The summed E-state index contributed by atoms with van der Waals surface area (Å²) >= 11 is 5.42. The van der Waals surface area contributed by atoms with Crippen molar-refractivity contribution in [2.45, 2.75) is 33.0 Å². The van der Waals surface area contributed by atoms with E-state index >= 15 is 0 Å². The Balaban J connectivity index is 1.56. The van der Waals surface area contributed by atoms with Crippen LogP contribution in [0.3, 0.4) is 0 Å². The fourth-order valence-electron chi connectivity index (χ4n) is 2.70. The number of thiocarbonyl (C=S) groups is 1. The number of nitrogens with one attached hydrogen (secondary N) is 2. The SMILES string of the molecule is CCn1nccc1C(C)NC(=S)Nc1cnn(Cc2ccccc2)c1. The molecule has 1 unspecified atom stereocenters. The molecule has 1 atom stereocenters. The highest BCUT2D eigenvalue weighted by Gasteiger charge is 2.12. The van der Waals surface area contributed by atoms with Gasteiger partial charge in [-0.1, -0.05) is 30.3 Å². The van der Waals surface area contributed by atoms with Crippen LogP contribution in [0.2, 0.25) is 0 Å². The predicted molar refractivity (Wildman–Crippen MR) is 103 cm³/mol. The predicted octanol–water partition coefficient (Wildman–Crippen LogP) is 3.20. The summed E-state index contributed by atoms with van der Waals surface area (Å²) in [6.45, 7) is 5.70. The van der Waals surface area contributed by atoms with E-state index in [4.69, 9.17) is 12.2 Å². The molecule has 2 aromatic heterocycles. The van der Waals surface area contributed by atoms with E-state index < -0.39 is 0 Å². The third kappa shape index (κ3) is 4.45. The van der Waals surface area contributed by atoms with Crippen molar-refractivity contribution >= 4 is 23.0 Å². The maximum atomic E-state index is 5.42. The maximum Gasteiger partial charge on any atom is 0.171 e. The van der Waals surface area contributed by atoms with Gasteiger partial charge in [0.25, 0.3) is 0 Å². The Morgan fingerprint density at radius 3 is 2.76 bits per heavy atom. The number of anilines is 1. The van der Waals surface area contributed by atoms with E-state index in [0.717, 1.165) is 24.5 Å². The van der Waals surface area contributed by atoms with Gasteiger partial charge in [0.1, 0.15) is 0 Å². The van der Waals surface area contributed by atoms with Crippen LogP contribution in [0.25, 0.3) is 0 Å². The zero-order valence-electron chi connectivity index (χ0n) is 14.4. The van der Waals surface area contributed by atoms with Crippen LogP contribution in [0.1, 0.15) is 31.1 Å². The molecule has 25 heavy (non-hydrogen) atoms. The van der Waals surface area contributed by atoms with Gasteiger partial charge in [0.2, 0.25) is 0 Å². The van der Waals surface area contributed by atoms with Gasteiger partial charge in [0.15, 0.2) is 5.11 Å². The Bertz CT molecular complexity index is 823. The van der Waals surface area contributed by atoms with E-state index in [-0.39, 0.29) is 6.04 Å². The van der Waals surface area contributed by atoms with Crippen LogP contribution in [-0.2, 0) is 13.1 Å². The largest absolute Gasteiger partial charge is 0.354 e. The van der Waals surface area contributed by atoms with Gasteiger partial charge in [0, 0.05) is 18.9 Å². The molecule has 130 valence electrons. The molecule has 6 nitrogen and oxygen atoms in total. The number of aromatic nitrogens is 4. The lowest BCUT2D eigenvalue weighted by atomic mass is 10.2. The normalized spacial score (nSPS) is 11.9. The molecule has 0 aliphatic carbocycles. The summed E-state index contributed by atoms with van der Waals surface area (Å²) in [5.74, 6) is 0. The minimum atomic E-state index is 0.0711. The third-order valence-electron chi connectivity index (χ3n) is 3.92. The first-order chi connectivity index (χ1) is 12.2. The van der Waals surface area contributed by atoms with Gasteiger partial charge in [-0.3, -0.25) is 9.36 Å². The molecule has 0 aliphatic rings. The quantitative estimate of drug-likeness (QED) is 0.666. The monoisotopic (exact) mass is 354 g/mol. The molecule has 7 heteroatoms. The van der Waals surface area contributed by atoms with Crippen LogP contribution >= 0.6 is 12.2 Å². The number of rotatable bonds is 6. The molecule has 0 saturated heterocycles. The summed E-state index contributed by atoms with van der Waals surface area (Å²) in [7, 11) is 0. The fraction of sp³-hybridized carbons (Fsp3) is 0.278. The van der Waals surface area contributed by atoms with Gasteiger partial charge in [-0.2, -0.15) is 10.2 Å². The minimum Gasteiger partial charge on any atom is -0.354 e. The molecular formula is C18H22N6S. The van der Waals surface area contributed by atoms with Crippen LogP contribution in [0.4, 0.5) is 5.69 Å². The van der Waals surface area contributed by atoms with Crippen molar-refractivity contribution in [2.24, 2.45) is 0 Å². The molecular weight excluding hydrogens is 332 g/mol. The standard InChI is InChI=1S/C18H22N6S/c1-3-24-17(9-10-19-24)14(2)21-18(25)22-16-11-20-23(13-16)12-15-7-5-4-6-8-15/h4-11,13-14H,3,12H2,1-2H3,(H2,21,22,25). The second-order valence-corrected chi connectivity index (χ2v) is 6.21. The van der Waals surface area contributed by atoms with Crippen molar-refractivity contribution < 1.29 is 0 Å². The number of benzene rings is 1.